The van der Waals surface area contributed by atoms with E-state index >= 15 is 0 Å². The van der Waals surface area contributed by atoms with Crippen LogP contribution in [0.5, 0.6) is 0 Å². The quantitative estimate of drug-likeness (QED) is 0.860. The van der Waals surface area contributed by atoms with Crippen LogP contribution < -0.4 is 5.73 Å². The number of nitrogens with two attached hydrogens (primary N) is 1. The largest absolute Gasteiger partial charge is 0.329 e. The van der Waals surface area contributed by atoms with Gasteiger partial charge in [-0.05, 0) is 42.3 Å². The molecule has 0 radical (unpaired) electrons. The first-order valence-electron chi connectivity index (χ1n) is 6.99. The molecule has 2 aromatic heterocycles. The highest BCUT2D eigenvalue weighted by Gasteiger charge is 2.24. The maximum absolute atomic E-state index is 5.94. The van der Waals surface area contributed by atoms with E-state index in [1.807, 2.05) is 4.68 Å². The van der Waals surface area contributed by atoms with Gasteiger partial charge in [-0.25, -0.2) is 4.68 Å². The van der Waals surface area contributed by atoms with E-state index in [-0.39, 0.29) is 5.25 Å². The van der Waals surface area contributed by atoms with Gasteiger partial charge in [-0.15, -0.1) is 16.4 Å². The molecule has 2 aromatic rings. The Kier molecular flexibility index (Phi) is 4.38. The Morgan fingerprint density at radius 3 is 2.90 bits per heavy atom. The lowest BCUT2D eigenvalue weighted by Gasteiger charge is -2.15. The fourth-order valence-electron chi connectivity index (χ4n) is 2.62. The summed E-state index contributed by atoms with van der Waals surface area (Å²) in [6, 6.07) is 4.77. The van der Waals surface area contributed by atoms with Crippen LogP contribution in [0.1, 0.15) is 46.7 Å². The van der Waals surface area contributed by atoms with Gasteiger partial charge in [-0.2, -0.15) is 0 Å². The smallest absolute Gasteiger partial charge is 0.210 e. The molecule has 5 nitrogen and oxygen atoms in total. The van der Waals surface area contributed by atoms with Crippen LogP contribution in [0, 0.1) is 6.92 Å². The number of hydrogen-bond acceptors (Lipinski definition) is 6. The topological polar surface area (TPSA) is 69.6 Å². The Hall–Kier alpha value is -0.920. The number of tetrazole rings is 1. The lowest BCUT2D eigenvalue weighted by molar-refractivity contribution is 0.422. The third kappa shape index (κ3) is 2.89. The summed E-state index contributed by atoms with van der Waals surface area (Å²) in [5.74, 6) is 0. The number of aryl methyl sites for hydroxylation is 1. The van der Waals surface area contributed by atoms with Gasteiger partial charge in [0.2, 0.25) is 5.16 Å². The van der Waals surface area contributed by atoms with E-state index < -0.39 is 0 Å². The summed E-state index contributed by atoms with van der Waals surface area (Å²) < 4.78 is 2.00. The zero-order valence-electron chi connectivity index (χ0n) is 11.5. The van der Waals surface area contributed by atoms with Crippen molar-refractivity contribution in [2.45, 2.75) is 49.1 Å². The molecule has 0 spiro atoms. The molecule has 0 saturated heterocycles. The number of thioether (sulfide) groups is 1. The average Bonchev–Trinajstić information content (AvgIpc) is 3.16. The van der Waals surface area contributed by atoms with Crippen molar-refractivity contribution in [1.82, 2.24) is 20.2 Å². The van der Waals surface area contributed by atoms with Crippen molar-refractivity contribution in [2.24, 2.45) is 5.73 Å². The van der Waals surface area contributed by atoms with Gasteiger partial charge >= 0.3 is 0 Å². The molecular weight excluding hydrogens is 290 g/mol. The first-order chi connectivity index (χ1) is 9.78. The van der Waals surface area contributed by atoms with Crippen LogP contribution in [-0.4, -0.2) is 26.8 Å². The molecule has 7 heteroatoms. The number of aromatic nitrogens is 4. The zero-order chi connectivity index (χ0) is 13.9. The van der Waals surface area contributed by atoms with Crippen molar-refractivity contribution in [3.05, 3.63) is 21.9 Å². The maximum Gasteiger partial charge on any atom is 0.210 e. The first kappa shape index (κ1) is 14.0. The van der Waals surface area contributed by atoms with Crippen molar-refractivity contribution in [3.63, 3.8) is 0 Å². The minimum atomic E-state index is 0.236. The van der Waals surface area contributed by atoms with Crippen LogP contribution >= 0.6 is 23.1 Å². The van der Waals surface area contributed by atoms with E-state index in [4.69, 9.17) is 5.73 Å². The standard InChI is InChI=1S/C13H19N5S2/c1-9-6-7-11(19-9)12(8-14)20-13-15-16-17-18(13)10-4-2-3-5-10/h6-7,10,12H,2-5,8,14H2,1H3. The summed E-state index contributed by atoms with van der Waals surface area (Å²) in [6.45, 7) is 2.72. The number of nitrogens with zero attached hydrogens (tertiary/aromatic N) is 4. The molecule has 20 heavy (non-hydrogen) atoms. The summed E-state index contributed by atoms with van der Waals surface area (Å²) in [7, 11) is 0. The summed E-state index contributed by atoms with van der Waals surface area (Å²) in [6.07, 6.45) is 4.92. The van der Waals surface area contributed by atoms with Gasteiger partial charge in [0.25, 0.3) is 0 Å². The first-order valence-corrected chi connectivity index (χ1v) is 8.68. The molecule has 1 unspecified atom stereocenters. The van der Waals surface area contributed by atoms with Gasteiger partial charge in [-0.1, -0.05) is 24.6 Å². The summed E-state index contributed by atoms with van der Waals surface area (Å²) in [5, 5.41) is 13.4. The predicted octanol–water partition coefficient (Wildman–Crippen LogP) is 2.95. The van der Waals surface area contributed by atoms with Crippen LogP contribution in [0.15, 0.2) is 17.3 Å². The molecule has 0 amide bonds. The second-order valence-electron chi connectivity index (χ2n) is 5.13. The summed E-state index contributed by atoms with van der Waals surface area (Å²) in [4.78, 5) is 2.62. The van der Waals surface area contributed by atoms with E-state index in [0.717, 1.165) is 5.16 Å². The lowest BCUT2D eigenvalue weighted by Crippen LogP contribution is -2.12. The van der Waals surface area contributed by atoms with E-state index in [1.165, 1.54) is 35.4 Å². The molecule has 2 N–H and O–H groups in total. The Labute approximate surface area is 126 Å². The third-order valence-corrected chi connectivity index (χ3v) is 6.15. The van der Waals surface area contributed by atoms with Crippen LogP contribution in [0.4, 0.5) is 0 Å². The fourth-order valence-corrected chi connectivity index (χ4v) is 4.70. The van der Waals surface area contributed by atoms with E-state index in [2.05, 4.69) is 34.6 Å². The minimum absolute atomic E-state index is 0.236. The molecule has 2 heterocycles. The minimum Gasteiger partial charge on any atom is -0.329 e. The SMILES string of the molecule is Cc1ccc(C(CN)Sc2nnnn2C2CCCC2)s1. The highest BCUT2D eigenvalue weighted by atomic mass is 32.2. The van der Waals surface area contributed by atoms with Gasteiger partial charge in [-0.3, -0.25) is 0 Å². The highest BCUT2D eigenvalue weighted by molar-refractivity contribution is 7.99. The van der Waals surface area contributed by atoms with E-state index in [1.54, 1.807) is 23.1 Å². The van der Waals surface area contributed by atoms with Gasteiger partial charge in [0.1, 0.15) is 0 Å². The second kappa shape index (κ2) is 6.24. The normalized spacial score (nSPS) is 17.7. The molecule has 108 valence electrons. The van der Waals surface area contributed by atoms with Gasteiger partial charge < -0.3 is 5.73 Å². The zero-order valence-corrected chi connectivity index (χ0v) is 13.2. The van der Waals surface area contributed by atoms with Crippen LogP contribution in [0.3, 0.4) is 0 Å². The molecule has 1 saturated carbocycles. The van der Waals surface area contributed by atoms with Crippen molar-refractivity contribution in [1.29, 1.82) is 0 Å². The monoisotopic (exact) mass is 309 g/mol. The molecule has 1 aliphatic carbocycles. The number of thiophene rings is 1. The van der Waals surface area contributed by atoms with Gasteiger partial charge in [0, 0.05) is 16.3 Å². The van der Waals surface area contributed by atoms with Gasteiger partial charge in [0.05, 0.1) is 11.3 Å². The maximum atomic E-state index is 5.94. The van der Waals surface area contributed by atoms with Crippen LogP contribution in [0.25, 0.3) is 0 Å². The van der Waals surface area contributed by atoms with Crippen molar-refractivity contribution < 1.29 is 0 Å². The number of rotatable bonds is 5. The third-order valence-electron chi connectivity index (χ3n) is 3.67. The molecule has 0 aromatic carbocycles. The average molecular weight is 309 g/mol. The Bertz CT molecular complexity index is 559. The van der Waals surface area contributed by atoms with E-state index in [9.17, 15) is 0 Å². The van der Waals surface area contributed by atoms with E-state index in [0.29, 0.717) is 12.6 Å². The molecule has 1 fully saturated rings. The molecular formula is C13H19N5S2. The summed E-state index contributed by atoms with van der Waals surface area (Å²) in [5.41, 5.74) is 5.94. The van der Waals surface area contributed by atoms with Crippen molar-refractivity contribution in [2.75, 3.05) is 6.54 Å². The highest BCUT2D eigenvalue weighted by Crippen LogP contribution is 2.39. The van der Waals surface area contributed by atoms with Crippen molar-refractivity contribution >= 4 is 23.1 Å². The molecule has 0 bridgehead atoms. The van der Waals surface area contributed by atoms with Crippen molar-refractivity contribution in [3.8, 4) is 0 Å². The Morgan fingerprint density at radius 1 is 1.45 bits per heavy atom. The molecule has 0 aliphatic heterocycles. The Morgan fingerprint density at radius 2 is 2.25 bits per heavy atom. The molecule has 1 atom stereocenters. The predicted molar refractivity (Wildman–Crippen MR) is 82.0 cm³/mol. The lowest BCUT2D eigenvalue weighted by atomic mass is 10.3. The second-order valence-corrected chi connectivity index (χ2v) is 7.62. The summed E-state index contributed by atoms with van der Waals surface area (Å²) >= 11 is 3.49. The molecule has 1 aliphatic rings. The number of hydrogen-bond donors (Lipinski definition) is 1. The fraction of sp³-hybridized carbons (Fsp3) is 0.615. The Balaban J connectivity index is 1.77. The van der Waals surface area contributed by atoms with Gasteiger partial charge in [0.15, 0.2) is 0 Å². The molecule has 3 rings (SSSR count). The van der Waals surface area contributed by atoms with Crippen LogP contribution in [-0.2, 0) is 0 Å². The van der Waals surface area contributed by atoms with Crippen LogP contribution in [0.2, 0.25) is 0 Å².